The number of amides is 1. The number of rotatable bonds is 7. The van der Waals surface area contributed by atoms with E-state index in [0.29, 0.717) is 18.9 Å². The molecule has 0 bridgehead atoms. The Morgan fingerprint density at radius 3 is 2.56 bits per heavy atom. The van der Waals surface area contributed by atoms with Gasteiger partial charge in [-0.3, -0.25) is 10.1 Å². The van der Waals surface area contributed by atoms with Crippen LogP contribution >= 0.6 is 0 Å². The van der Waals surface area contributed by atoms with Gasteiger partial charge >= 0.3 is 0 Å². The van der Waals surface area contributed by atoms with Crippen molar-refractivity contribution in [2.45, 2.75) is 33.2 Å². The van der Waals surface area contributed by atoms with Crippen molar-refractivity contribution >= 4 is 11.7 Å². The Balaban J connectivity index is 3.89. The molecule has 0 heterocycles. The Morgan fingerprint density at radius 1 is 1.50 bits per heavy atom. The van der Waals surface area contributed by atoms with Crippen LogP contribution < -0.4 is 16.4 Å². The van der Waals surface area contributed by atoms with E-state index < -0.39 is 0 Å². The highest BCUT2D eigenvalue weighted by Crippen LogP contribution is 1.91. The second kappa shape index (κ2) is 7.92. The molecule has 16 heavy (non-hydrogen) atoms. The van der Waals surface area contributed by atoms with Gasteiger partial charge in [0.25, 0.3) is 0 Å². The second-order valence-corrected chi connectivity index (χ2v) is 4.06. The molecular formula is C10H22N4O2. The third-order valence-corrected chi connectivity index (χ3v) is 2.10. The van der Waals surface area contributed by atoms with Crippen LogP contribution in [0.1, 0.15) is 27.2 Å². The molecule has 0 aromatic rings. The van der Waals surface area contributed by atoms with Gasteiger partial charge in [0.15, 0.2) is 5.84 Å². The first-order valence-corrected chi connectivity index (χ1v) is 5.48. The van der Waals surface area contributed by atoms with Crippen molar-refractivity contribution in [3.05, 3.63) is 0 Å². The lowest BCUT2D eigenvalue weighted by Crippen LogP contribution is -2.46. The summed E-state index contributed by atoms with van der Waals surface area (Å²) in [5, 5.41) is 17.1. The average Bonchev–Trinajstić information content (AvgIpc) is 2.26. The maximum Gasteiger partial charge on any atom is 0.233 e. The molecule has 0 aromatic carbocycles. The predicted octanol–water partition coefficient (Wildman–Crippen LogP) is -0.127. The molecule has 0 aliphatic heterocycles. The van der Waals surface area contributed by atoms with Gasteiger partial charge in [0.1, 0.15) is 0 Å². The number of amidine groups is 1. The molecular weight excluding hydrogens is 208 g/mol. The lowest BCUT2D eigenvalue weighted by atomic mass is 10.2. The lowest BCUT2D eigenvalue weighted by Gasteiger charge is -2.15. The molecule has 5 N–H and O–H groups in total. The summed E-state index contributed by atoms with van der Waals surface area (Å²) >= 11 is 0. The second-order valence-electron chi connectivity index (χ2n) is 4.06. The van der Waals surface area contributed by atoms with E-state index in [2.05, 4.69) is 15.8 Å². The summed E-state index contributed by atoms with van der Waals surface area (Å²) in [6.07, 6.45) is 0.660. The number of carbonyl (C=O) groups excluding carboxylic acids is 1. The monoisotopic (exact) mass is 230 g/mol. The van der Waals surface area contributed by atoms with E-state index in [-0.39, 0.29) is 24.3 Å². The average molecular weight is 230 g/mol. The zero-order chi connectivity index (χ0) is 12.6. The van der Waals surface area contributed by atoms with Crippen molar-refractivity contribution in [2.24, 2.45) is 16.8 Å². The summed E-state index contributed by atoms with van der Waals surface area (Å²) in [6, 6.07) is -0.269. The van der Waals surface area contributed by atoms with Crippen LogP contribution in [0.5, 0.6) is 0 Å². The number of carbonyl (C=O) groups is 1. The highest BCUT2D eigenvalue weighted by Gasteiger charge is 2.12. The Labute approximate surface area is 96.3 Å². The summed E-state index contributed by atoms with van der Waals surface area (Å²) in [5.74, 6) is 0.437. The Hall–Kier alpha value is -1.30. The molecule has 1 amide bonds. The minimum Gasteiger partial charge on any atom is -0.409 e. The first kappa shape index (κ1) is 14.7. The minimum atomic E-state index is -0.269. The largest absolute Gasteiger partial charge is 0.409 e. The van der Waals surface area contributed by atoms with E-state index in [9.17, 15) is 4.79 Å². The molecule has 1 atom stereocenters. The van der Waals surface area contributed by atoms with Gasteiger partial charge in [-0.1, -0.05) is 25.9 Å². The van der Waals surface area contributed by atoms with Crippen LogP contribution in [-0.2, 0) is 4.79 Å². The first-order chi connectivity index (χ1) is 7.51. The Kier molecular flexibility index (Phi) is 7.28. The van der Waals surface area contributed by atoms with E-state index >= 15 is 0 Å². The molecule has 0 saturated carbocycles. The topological polar surface area (TPSA) is 99.7 Å². The molecule has 0 aliphatic rings. The molecule has 0 spiro atoms. The van der Waals surface area contributed by atoms with Gasteiger partial charge in [-0.15, -0.1) is 0 Å². The summed E-state index contributed by atoms with van der Waals surface area (Å²) in [4.78, 5) is 11.4. The minimum absolute atomic E-state index is 0.0853. The van der Waals surface area contributed by atoms with Crippen LogP contribution in [0.15, 0.2) is 5.16 Å². The van der Waals surface area contributed by atoms with E-state index in [0.717, 1.165) is 0 Å². The van der Waals surface area contributed by atoms with E-state index in [1.807, 2.05) is 20.8 Å². The summed E-state index contributed by atoms with van der Waals surface area (Å²) in [7, 11) is 0. The molecule has 0 aromatic heterocycles. The summed E-state index contributed by atoms with van der Waals surface area (Å²) < 4.78 is 0. The van der Waals surface area contributed by atoms with Crippen LogP contribution in [0.25, 0.3) is 0 Å². The number of nitrogens with one attached hydrogen (secondary N) is 2. The highest BCUT2D eigenvalue weighted by atomic mass is 16.4. The van der Waals surface area contributed by atoms with Gasteiger partial charge in [-0.05, 0) is 12.3 Å². The Bertz CT molecular complexity index is 241. The normalized spacial score (nSPS) is 13.9. The van der Waals surface area contributed by atoms with E-state index in [1.165, 1.54) is 0 Å². The third-order valence-electron chi connectivity index (χ3n) is 2.10. The molecule has 0 aliphatic carbocycles. The van der Waals surface area contributed by atoms with Gasteiger partial charge < -0.3 is 16.3 Å². The molecule has 0 radical (unpaired) electrons. The van der Waals surface area contributed by atoms with Gasteiger partial charge in [0.05, 0.1) is 12.6 Å². The first-order valence-electron chi connectivity index (χ1n) is 5.48. The number of oxime groups is 1. The zero-order valence-electron chi connectivity index (χ0n) is 10.2. The SMILES string of the molecule is CCC(NCC(=O)NCC(C)C)C(N)=NO. The number of hydrogen-bond acceptors (Lipinski definition) is 4. The van der Waals surface area contributed by atoms with Crippen molar-refractivity contribution in [1.29, 1.82) is 0 Å². The molecule has 0 rings (SSSR count). The number of hydrogen-bond donors (Lipinski definition) is 4. The maximum absolute atomic E-state index is 11.4. The van der Waals surface area contributed by atoms with Crippen LogP contribution in [-0.4, -0.2) is 36.1 Å². The number of nitrogens with zero attached hydrogens (tertiary/aromatic N) is 1. The van der Waals surface area contributed by atoms with E-state index in [1.54, 1.807) is 0 Å². The number of nitrogens with two attached hydrogens (primary N) is 1. The summed E-state index contributed by atoms with van der Waals surface area (Å²) in [6.45, 7) is 6.77. The van der Waals surface area contributed by atoms with Gasteiger partial charge in [0.2, 0.25) is 5.91 Å². The zero-order valence-corrected chi connectivity index (χ0v) is 10.2. The van der Waals surface area contributed by atoms with Crippen LogP contribution in [0.2, 0.25) is 0 Å². The molecule has 94 valence electrons. The van der Waals surface area contributed by atoms with Crippen molar-refractivity contribution < 1.29 is 10.0 Å². The fourth-order valence-electron chi connectivity index (χ4n) is 1.12. The molecule has 1 unspecified atom stereocenters. The quantitative estimate of drug-likeness (QED) is 0.212. The van der Waals surface area contributed by atoms with Crippen molar-refractivity contribution in [3.8, 4) is 0 Å². The van der Waals surface area contributed by atoms with Gasteiger partial charge in [-0.25, -0.2) is 0 Å². The van der Waals surface area contributed by atoms with E-state index in [4.69, 9.17) is 10.9 Å². The maximum atomic E-state index is 11.4. The van der Waals surface area contributed by atoms with Crippen molar-refractivity contribution in [3.63, 3.8) is 0 Å². The smallest absolute Gasteiger partial charge is 0.233 e. The molecule has 0 fully saturated rings. The van der Waals surface area contributed by atoms with Gasteiger partial charge in [0, 0.05) is 6.54 Å². The molecule has 6 nitrogen and oxygen atoms in total. The standard InChI is InChI=1S/C10H22N4O2/c1-4-8(10(11)14-16)12-6-9(15)13-5-7(2)3/h7-8,12,16H,4-6H2,1-3H3,(H2,11,14)(H,13,15). The highest BCUT2D eigenvalue weighted by molar-refractivity contribution is 5.86. The molecule has 6 heteroatoms. The Morgan fingerprint density at radius 2 is 2.12 bits per heavy atom. The third kappa shape index (κ3) is 6.23. The predicted molar refractivity (Wildman–Crippen MR) is 63.3 cm³/mol. The summed E-state index contributed by atoms with van der Waals surface area (Å²) in [5.41, 5.74) is 5.44. The van der Waals surface area contributed by atoms with Crippen LogP contribution in [0.3, 0.4) is 0 Å². The fraction of sp³-hybridized carbons (Fsp3) is 0.800. The lowest BCUT2D eigenvalue weighted by molar-refractivity contribution is -0.120. The molecule has 0 saturated heterocycles. The van der Waals surface area contributed by atoms with Gasteiger partial charge in [-0.2, -0.15) is 0 Å². The fourth-order valence-corrected chi connectivity index (χ4v) is 1.12. The van der Waals surface area contributed by atoms with Crippen LogP contribution in [0.4, 0.5) is 0 Å². The van der Waals surface area contributed by atoms with Crippen molar-refractivity contribution in [2.75, 3.05) is 13.1 Å². The van der Waals surface area contributed by atoms with Crippen LogP contribution in [0, 0.1) is 5.92 Å². The van der Waals surface area contributed by atoms with Crippen molar-refractivity contribution in [1.82, 2.24) is 10.6 Å².